The normalized spacial score (nSPS) is 29.2. The van der Waals surface area contributed by atoms with Gasteiger partial charge in [0.2, 0.25) is 0 Å². The highest BCUT2D eigenvalue weighted by molar-refractivity contribution is 5.77. The molecule has 0 aromatic carbocycles. The van der Waals surface area contributed by atoms with Crippen molar-refractivity contribution in [1.82, 2.24) is 9.78 Å². The van der Waals surface area contributed by atoms with Crippen molar-refractivity contribution in [2.24, 2.45) is 5.92 Å². The van der Waals surface area contributed by atoms with Gasteiger partial charge < -0.3 is 9.84 Å². The number of rotatable bonds is 3. The fraction of sp³-hybridized carbons (Fsp3) is 0.636. The average Bonchev–Trinajstić information content (AvgIpc) is 2.84. The molecule has 2 atom stereocenters. The highest BCUT2D eigenvalue weighted by Crippen LogP contribution is 2.40. The molecule has 0 aliphatic heterocycles. The van der Waals surface area contributed by atoms with Crippen molar-refractivity contribution in [2.45, 2.75) is 31.7 Å². The molecule has 1 aliphatic rings. The van der Waals surface area contributed by atoms with Crippen LogP contribution >= 0.6 is 0 Å². The van der Waals surface area contributed by atoms with Crippen LogP contribution in [0, 0.1) is 5.92 Å². The van der Waals surface area contributed by atoms with E-state index in [2.05, 4.69) is 12.0 Å². The fourth-order valence-electron chi connectivity index (χ4n) is 2.41. The first kappa shape index (κ1) is 11.0. The Hall–Kier alpha value is -1.52. The van der Waals surface area contributed by atoms with E-state index in [9.17, 15) is 9.90 Å². The number of ether oxygens (including phenoxy) is 1. The minimum absolute atomic E-state index is 0.422. The predicted molar refractivity (Wildman–Crippen MR) is 57.4 cm³/mol. The number of hydrogen-bond acceptors (Lipinski definition) is 3. The molecule has 1 aliphatic carbocycles. The molecule has 0 amide bonds. The standard InChI is InChI=1S/C11H16N2O3/c1-8-3-4-11(5-8,10(14)15)13-7-9(16-2)6-12-13/h6-8H,3-5H2,1-2H3,(H,14,15). The molecule has 5 nitrogen and oxygen atoms in total. The lowest BCUT2D eigenvalue weighted by molar-refractivity contribution is -0.148. The molecule has 0 spiro atoms. The summed E-state index contributed by atoms with van der Waals surface area (Å²) in [7, 11) is 1.55. The predicted octanol–water partition coefficient (Wildman–Crippen LogP) is 1.49. The van der Waals surface area contributed by atoms with Crippen LogP contribution in [-0.4, -0.2) is 28.0 Å². The summed E-state index contributed by atoms with van der Waals surface area (Å²) < 4.78 is 6.57. The second-order valence-electron chi connectivity index (χ2n) is 4.51. The summed E-state index contributed by atoms with van der Waals surface area (Å²) in [6, 6.07) is 0. The second-order valence-corrected chi connectivity index (χ2v) is 4.51. The molecule has 0 radical (unpaired) electrons. The van der Waals surface area contributed by atoms with E-state index in [0.717, 1.165) is 6.42 Å². The van der Waals surface area contributed by atoms with E-state index in [1.54, 1.807) is 19.5 Å². The molecule has 1 saturated carbocycles. The average molecular weight is 224 g/mol. The SMILES string of the molecule is COc1cnn(C2(C(=O)O)CCC(C)C2)c1. The largest absolute Gasteiger partial charge is 0.493 e. The number of carboxylic acids is 1. The lowest BCUT2D eigenvalue weighted by Gasteiger charge is -2.24. The van der Waals surface area contributed by atoms with E-state index in [0.29, 0.717) is 24.5 Å². The minimum Gasteiger partial charge on any atom is -0.493 e. The molecular weight excluding hydrogens is 208 g/mol. The Bertz CT molecular complexity index is 402. The van der Waals surface area contributed by atoms with Gasteiger partial charge in [0, 0.05) is 0 Å². The Kier molecular flexibility index (Phi) is 2.61. The number of methoxy groups -OCH3 is 1. The van der Waals surface area contributed by atoms with Gasteiger partial charge in [-0.1, -0.05) is 6.92 Å². The number of hydrogen-bond donors (Lipinski definition) is 1. The van der Waals surface area contributed by atoms with E-state index in [1.807, 2.05) is 0 Å². The van der Waals surface area contributed by atoms with E-state index < -0.39 is 11.5 Å². The van der Waals surface area contributed by atoms with Crippen LogP contribution in [0.1, 0.15) is 26.2 Å². The van der Waals surface area contributed by atoms with Crippen LogP contribution in [0.5, 0.6) is 5.75 Å². The molecule has 0 saturated heterocycles. The number of nitrogens with zero attached hydrogens (tertiary/aromatic N) is 2. The van der Waals surface area contributed by atoms with Crippen molar-refractivity contribution in [3.8, 4) is 5.75 Å². The summed E-state index contributed by atoms with van der Waals surface area (Å²) in [5, 5.41) is 13.5. The highest BCUT2D eigenvalue weighted by atomic mass is 16.5. The quantitative estimate of drug-likeness (QED) is 0.844. The van der Waals surface area contributed by atoms with Gasteiger partial charge in [-0.3, -0.25) is 4.68 Å². The van der Waals surface area contributed by atoms with Gasteiger partial charge in [-0.05, 0) is 25.2 Å². The van der Waals surface area contributed by atoms with Crippen LogP contribution < -0.4 is 4.74 Å². The Labute approximate surface area is 94.0 Å². The Balaban J connectivity index is 2.36. The van der Waals surface area contributed by atoms with Crippen molar-refractivity contribution in [1.29, 1.82) is 0 Å². The zero-order valence-corrected chi connectivity index (χ0v) is 9.51. The summed E-state index contributed by atoms with van der Waals surface area (Å²) in [5.41, 5.74) is -0.879. The molecule has 1 heterocycles. The lowest BCUT2D eigenvalue weighted by atomic mass is 9.97. The Morgan fingerprint density at radius 3 is 2.94 bits per heavy atom. The fourth-order valence-corrected chi connectivity index (χ4v) is 2.41. The number of aromatic nitrogens is 2. The minimum atomic E-state index is -0.879. The van der Waals surface area contributed by atoms with Gasteiger partial charge in [-0.25, -0.2) is 4.79 Å². The van der Waals surface area contributed by atoms with Crippen molar-refractivity contribution in [3.05, 3.63) is 12.4 Å². The monoisotopic (exact) mass is 224 g/mol. The molecule has 1 aromatic heterocycles. The highest BCUT2D eigenvalue weighted by Gasteiger charge is 2.46. The van der Waals surface area contributed by atoms with Crippen LogP contribution in [0.2, 0.25) is 0 Å². The summed E-state index contributed by atoms with van der Waals surface area (Å²) in [6.45, 7) is 2.07. The zero-order chi connectivity index (χ0) is 11.8. The first-order valence-electron chi connectivity index (χ1n) is 5.41. The first-order chi connectivity index (χ1) is 7.58. The molecule has 88 valence electrons. The maximum atomic E-state index is 11.5. The van der Waals surface area contributed by atoms with Gasteiger partial charge in [0.05, 0.1) is 19.5 Å². The van der Waals surface area contributed by atoms with Crippen molar-refractivity contribution in [3.63, 3.8) is 0 Å². The van der Waals surface area contributed by atoms with Crippen molar-refractivity contribution >= 4 is 5.97 Å². The molecule has 1 fully saturated rings. The topological polar surface area (TPSA) is 64.4 Å². The molecule has 1 aromatic rings. The van der Waals surface area contributed by atoms with Crippen molar-refractivity contribution in [2.75, 3.05) is 7.11 Å². The summed E-state index contributed by atoms with van der Waals surface area (Å²) in [4.78, 5) is 11.5. The van der Waals surface area contributed by atoms with Crippen LogP contribution in [-0.2, 0) is 10.3 Å². The molecule has 0 bridgehead atoms. The zero-order valence-electron chi connectivity index (χ0n) is 9.51. The third-order valence-electron chi connectivity index (χ3n) is 3.37. The number of aliphatic carboxylic acids is 1. The third kappa shape index (κ3) is 1.56. The van der Waals surface area contributed by atoms with Gasteiger partial charge >= 0.3 is 5.97 Å². The van der Waals surface area contributed by atoms with Crippen LogP contribution in [0.25, 0.3) is 0 Å². The first-order valence-corrected chi connectivity index (χ1v) is 5.41. The smallest absolute Gasteiger partial charge is 0.331 e. The van der Waals surface area contributed by atoms with Crippen LogP contribution in [0.4, 0.5) is 0 Å². The van der Waals surface area contributed by atoms with E-state index >= 15 is 0 Å². The van der Waals surface area contributed by atoms with E-state index in [-0.39, 0.29) is 0 Å². The third-order valence-corrected chi connectivity index (χ3v) is 3.37. The molecular formula is C11H16N2O3. The van der Waals surface area contributed by atoms with Gasteiger partial charge in [0.25, 0.3) is 0 Å². The molecule has 2 rings (SSSR count). The van der Waals surface area contributed by atoms with Crippen LogP contribution in [0.3, 0.4) is 0 Å². The van der Waals surface area contributed by atoms with Crippen molar-refractivity contribution < 1.29 is 14.6 Å². The summed E-state index contributed by atoms with van der Waals surface area (Å²) in [5.74, 6) is 0.217. The summed E-state index contributed by atoms with van der Waals surface area (Å²) >= 11 is 0. The van der Waals surface area contributed by atoms with E-state index in [4.69, 9.17) is 4.74 Å². The number of carbonyl (C=O) groups is 1. The molecule has 2 unspecified atom stereocenters. The lowest BCUT2D eigenvalue weighted by Crippen LogP contribution is -2.40. The maximum Gasteiger partial charge on any atom is 0.331 e. The number of carboxylic acid groups (broad SMARTS) is 1. The van der Waals surface area contributed by atoms with Gasteiger partial charge in [-0.2, -0.15) is 5.10 Å². The second kappa shape index (κ2) is 3.81. The van der Waals surface area contributed by atoms with Crippen LogP contribution in [0.15, 0.2) is 12.4 Å². The molecule has 16 heavy (non-hydrogen) atoms. The Morgan fingerprint density at radius 2 is 2.50 bits per heavy atom. The molecule has 1 N–H and O–H groups in total. The van der Waals surface area contributed by atoms with Gasteiger partial charge in [0.15, 0.2) is 11.3 Å². The summed E-state index contributed by atoms with van der Waals surface area (Å²) in [6.07, 6.45) is 5.40. The maximum absolute atomic E-state index is 11.5. The molecule has 5 heteroatoms. The Morgan fingerprint density at radius 1 is 1.75 bits per heavy atom. The van der Waals surface area contributed by atoms with Gasteiger partial charge in [-0.15, -0.1) is 0 Å². The van der Waals surface area contributed by atoms with E-state index in [1.165, 1.54) is 4.68 Å². The van der Waals surface area contributed by atoms with Gasteiger partial charge in [0.1, 0.15) is 0 Å².